The number of benzene rings is 1. The van der Waals surface area contributed by atoms with Crippen LogP contribution in [0.5, 0.6) is 0 Å². The number of hydrogen-bond donors (Lipinski definition) is 1. The lowest BCUT2D eigenvalue weighted by Gasteiger charge is -2.31. The molecule has 2 N–H and O–H groups in total. The van der Waals surface area contributed by atoms with Crippen LogP contribution in [-0.4, -0.2) is 29.9 Å². The quantitative estimate of drug-likeness (QED) is 0.884. The molecule has 1 amide bonds. The van der Waals surface area contributed by atoms with E-state index in [1.165, 1.54) is 12.8 Å². The van der Waals surface area contributed by atoms with Crippen molar-refractivity contribution in [1.29, 1.82) is 0 Å². The van der Waals surface area contributed by atoms with Crippen LogP contribution >= 0.6 is 0 Å². The van der Waals surface area contributed by atoms with Gasteiger partial charge in [-0.15, -0.1) is 0 Å². The number of nitrogens with two attached hydrogens (primary N) is 1. The van der Waals surface area contributed by atoms with Gasteiger partial charge in [-0.3, -0.25) is 4.79 Å². The van der Waals surface area contributed by atoms with E-state index in [2.05, 4.69) is 6.92 Å². The summed E-state index contributed by atoms with van der Waals surface area (Å²) in [6.45, 7) is 3.23. The number of likely N-dealkylation sites (N-methyl/N-ethyl adjacent to an activating group) is 1. The molecule has 1 fully saturated rings. The highest BCUT2D eigenvalue weighted by Crippen LogP contribution is 2.26. The summed E-state index contributed by atoms with van der Waals surface area (Å²) in [6, 6.07) is 10.3. The van der Waals surface area contributed by atoms with Gasteiger partial charge in [0.1, 0.15) is 0 Å². The molecule has 0 spiro atoms. The van der Waals surface area contributed by atoms with Crippen LogP contribution in [0.4, 0.5) is 0 Å². The first-order chi connectivity index (χ1) is 9.27. The number of amides is 1. The van der Waals surface area contributed by atoms with Crippen molar-refractivity contribution in [2.24, 2.45) is 5.73 Å². The number of carbonyl (C=O) groups excluding carboxylic acids is 1. The summed E-state index contributed by atoms with van der Waals surface area (Å²) in [5, 5.41) is 0. The van der Waals surface area contributed by atoms with Gasteiger partial charge in [-0.2, -0.15) is 0 Å². The second-order valence-electron chi connectivity index (χ2n) is 5.26. The van der Waals surface area contributed by atoms with Crippen molar-refractivity contribution in [3.8, 4) is 0 Å². The molecule has 3 nitrogen and oxygen atoms in total. The Labute approximate surface area is 115 Å². The van der Waals surface area contributed by atoms with Crippen molar-refractivity contribution < 1.29 is 4.79 Å². The zero-order valence-corrected chi connectivity index (χ0v) is 11.7. The molecule has 1 aliphatic carbocycles. The molecule has 104 valence electrons. The van der Waals surface area contributed by atoms with Gasteiger partial charge in [-0.05, 0) is 25.3 Å². The van der Waals surface area contributed by atoms with Crippen LogP contribution in [0.2, 0.25) is 0 Å². The molecule has 19 heavy (non-hydrogen) atoms. The van der Waals surface area contributed by atoms with E-state index in [1.807, 2.05) is 35.2 Å². The number of rotatable bonds is 5. The van der Waals surface area contributed by atoms with E-state index in [0.717, 1.165) is 24.9 Å². The third-order valence-electron chi connectivity index (χ3n) is 4.12. The van der Waals surface area contributed by atoms with Crippen molar-refractivity contribution in [3.05, 3.63) is 35.9 Å². The summed E-state index contributed by atoms with van der Waals surface area (Å²) in [5.74, 6) is 0.00449. The minimum atomic E-state index is -0.193. The fraction of sp³-hybridized carbons (Fsp3) is 0.562. The molecule has 0 radical (unpaired) electrons. The Morgan fingerprint density at radius 2 is 1.95 bits per heavy atom. The lowest BCUT2D eigenvalue weighted by Crippen LogP contribution is -2.43. The fourth-order valence-electron chi connectivity index (χ4n) is 3.07. The van der Waals surface area contributed by atoms with Crippen LogP contribution in [-0.2, 0) is 4.79 Å². The van der Waals surface area contributed by atoms with Crippen LogP contribution in [0.3, 0.4) is 0 Å². The first-order valence-electron chi connectivity index (χ1n) is 7.33. The predicted molar refractivity (Wildman–Crippen MR) is 77.9 cm³/mol. The molecule has 0 bridgehead atoms. The largest absolute Gasteiger partial charge is 0.339 e. The van der Waals surface area contributed by atoms with Gasteiger partial charge in [0, 0.05) is 19.1 Å². The minimum Gasteiger partial charge on any atom is -0.339 e. The lowest BCUT2D eigenvalue weighted by atomic mass is 9.97. The Balaban J connectivity index is 2.15. The van der Waals surface area contributed by atoms with Gasteiger partial charge in [0.15, 0.2) is 0 Å². The molecule has 1 saturated carbocycles. The van der Waals surface area contributed by atoms with E-state index in [4.69, 9.17) is 5.73 Å². The molecule has 1 unspecified atom stereocenters. The summed E-state index contributed by atoms with van der Waals surface area (Å²) in [4.78, 5) is 14.8. The first-order valence-corrected chi connectivity index (χ1v) is 7.33. The molecular formula is C16H24N2O. The topological polar surface area (TPSA) is 46.3 Å². The van der Waals surface area contributed by atoms with Crippen LogP contribution < -0.4 is 5.73 Å². The van der Waals surface area contributed by atoms with Gasteiger partial charge in [0.2, 0.25) is 5.91 Å². The molecule has 1 aromatic rings. The minimum absolute atomic E-state index is 0.193. The zero-order chi connectivity index (χ0) is 13.7. The Hall–Kier alpha value is -1.35. The SMILES string of the molecule is CCN(C(=O)C(CN)c1ccccc1)C1CCCC1. The van der Waals surface area contributed by atoms with E-state index in [9.17, 15) is 4.79 Å². The summed E-state index contributed by atoms with van der Waals surface area (Å²) in [7, 11) is 0. The molecular weight excluding hydrogens is 236 g/mol. The van der Waals surface area contributed by atoms with Crippen molar-refractivity contribution in [3.63, 3.8) is 0 Å². The molecule has 0 heterocycles. The van der Waals surface area contributed by atoms with Crippen LogP contribution in [0, 0.1) is 0 Å². The maximum absolute atomic E-state index is 12.7. The Morgan fingerprint density at radius 3 is 2.47 bits per heavy atom. The average Bonchev–Trinajstić information content (AvgIpc) is 2.96. The van der Waals surface area contributed by atoms with Crippen LogP contribution in [0.15, 0.2) is 30.3 Å². The molecule has 1 aliphatic rings. The second kappa shape index (κ2) is 6.71. The molecule has 3 heteroatoms. The van der Waals surface area contributed by atoms with Crippen molar-refractivity contribution in [2.45, 2.75) is 44.6 Å². The molecule has 0 aliphatic heterocycles. The van der Waals surface area contributed by atoms with Crippen molar-refractivity contribution in [2.75, 3.05) is 13.1 Å². The number of nitrogens with zero attached hydrogens (tertiary/aromatic N) is 1. The molecule has 0 aromatic heterocycles. The highest BCUT2D eigenvalue weighted by Gasteiger charge is 2.30. The summed E-state index contributed by atoms with van der Waals surface area (Å²) >= 11 is 0. The Bertz CT molecular complexity index is 398. The first kappa shape index (κ1) is 14.1. The maximum atomic E-state index is 12.7. The van der Waals surface area contributed by atoms with Crippen molar-refractivity contribution >= 4 is 5.91 Å². The average molecular weight is 260 g/mol. The van der Waals surface area contributed by atoms with Gasteiger partial charge in [-0.1, -0.05) is 43.2 Å². The standard InChI is InChI=1S/C16H24N2O/c1-2-18(14-10-6-7-11-14)16(19)15(12-17)13-8-4-3-5-9-13/h3-5,8-9,14-15H,2,6-7,10-12,17H2,1H3. The highest BCUT2D eigenvalue weighted by molar-refractivity contribution is 5.84. The molecule has 1 aromatic carbocycles. The van der Waals surface area contributed by atoms with Gasteiger partial charge in [0.05, 0.1) is 5.92 Å². The fourth-order valence-corrected chi connectivity index (χ4v) is 3.07. The second-order valence-corrected chi connectivity index (χ2v) is 5.26. The van der Waals surface area contributed by atoms with Gasteiger partial charge >= 0.3 is 0 Å². The highest BCUT2D eigenvalue weighted by atomic mass is 16.2. The summed E-state index contributed by atoms with van der Waals surface area (Å²) in [6.07, 6.45) is 4.78. The van der Waals surface area contributed by atoms with E-state index in [0.29, 0.717) is 12.6 Å². The zero-order valence-electron chi connectivity index (χ0n) is 11.7. The summed E-state index contributed by atoms with van der Waals surface area (Å²) in [5.41, 5.74) is 6.88. The van der Waals surface area contributed by atoms with Crippen LogP contribution in [0.1, 0.15) is 44.1 Å². The summed E-state index contributed by atoms with van der Waals surface area (Å²) < 4.78 is 0. The van der Waals surface area contributed by atoms with E-state index in [-0.39, 0.29) is 11.8 Å². The Morgan fingerprint density at radius 1 is 1.32 bits per heavy atom. The van der Waals surface area contributed by atoms with Crippen molar-refractivity contribution in [1.82, 2.24) is 4.90 Å². The third kappa shape index (κ3) is 3.16. The molecule has 1 atom stereocenters. The monoisotopic (exact) mass is 260 g/mol. The van der Waals surface area contributed by atoms with Gasteiger partial charge < -0.3 is 10.6 Å². The normalized spacial score (nSPS) is 17.4. The lowest BCUT2D eigenvalue weighted by molar-refractivity contribution is -0.134. The van der Waals surface area contributed by atoms with E-state index < -0.39 is 0 Å². The maximum Gasteiger partial charge on any atom is 0.231 e. The molecule has 0 saturated heterocycles. The third-order valence-corrected chi connectivity index (χ3v) is 4.12. The molecule has 2 rings (SSSR count). The van der Waals surface area contributed by atoms with E-state index in [1.54, 1.807) is 0 Å². The van der Waals surface area contributed by atoms with Gasteiger partial charge in [-0.25, -0.2) is 0 Å². The predicted octanol–water partition coefficient (Wildman–Crippen LogP) is 2.52. The number of hydrogen-bond acceptors (Lipinski definition) is 2. The smallest absolute Gasteiger partial charge is 0.231 e. The number of carbonyl (C=O) groups is 1. The Kier molecular flexibility index (Phi) is 4.97. The van der Waals surface area contributed by atoms with Crippen LogP contribution in [0.25, 0.3) is 0 Å². The van der Waals surface area contributed by atoms with E-state index >= 15 is 0 Å². The van der Waals surface area contributed by atoms with Gasteiger partial charge in [0.25, 0.3) is 0 Å².